The number of benzene rings is 1. The fraction of sp³-hybridized carbons (Fsp3) is 0.690. The van der Waals surface area contributed by atoms with Crippen molar-refractivity contribution >= 4 is 16.9 Å². The van der Waals surface area contributed by atoms with Gasteiger partial charge in [-0.05, 0) is 75.8 Å². The Morgan fingerprint density at radius 1 is 0.886 bits per heavy atom. The predicted molar refractivity (Wildman–Crippen MR) is 137 cm³/mol. The van der Waals surface area contributed by atoms with Crippen LogP contribution in [0.1, 0.15) is 101 Å². The van der Waals surface area contributed by atoms with Crippen LogP contribution in [0, 0.1) is 11.8 Å². The van der Waals surface area contributed by atoms with Crippen LogP contribution in [0.3, 0.4) is 0 Å². The van der Waals surface area contributed by atoms with Crippen LogP contribution in [0.25, 0.3) is 10.9 Å². The third-order valence-electron chi connectivity index (χ3n) is 9.41. The number of para-hydroxylation sites is 1. The van der Waals surface area contributed by atoms with Crippen LogP contribution >= 0.6 is 0 Å². The van der Waals surface area contributed by atoms with Gasteiger partial charge >= 0.3 is 5.97 Å². The zero-order valence-corrected chi connectivity index (χ0v) is 21.0. The van der Waals surface area contributed by atoms with Gasteiger partial charge in [-0.3, -0.25) is 14.3 Å². The lowest BCUT2D eigenvalue weighted by molar-refractivity contribution is -0.0431. The molecule has 2 aromatic rings. The van der Waals surface area contributed by atoms with E-state index < -0.39 is 5.97 Å². The first-order chi connectivity index (χ1) is 17.1. The SMILES string of the molecule is CCOC(=O)c1nc2ccccc2c(=O)n1C1CC2CCCC(C1)N2C1CC2CCCCC(C2)C1. The Morgan fingerprint density at radius 2 is 1.57 bits per heavy atom. The number of hydrogen-bond donors (Lipinski definition) is 0. The van der Waals surface area contributed by atoms with E-state index in [1.54, 1.807) is 11.5 Å². The zero-order valence-electron chi connectivity index (χ0n) is 21.0. The Labute approximate surface area is 208 Å². The Hall–Kier alpha value is -2.21. The van der Waals surface area contributed by atoms with Crippen molar-refractivity contribution in [3.8, 4) is 0 Å². The third-order valence-corrected chi connectivity index (χ3v) is 9.41. The van der Waals surface area contributed by atoms with Crippen molar-refractivity contribution in [2.24, 2.45) is 11.8 Å². The van der Waals surface area contributed by atoms with Gasteiger partial charge in [0.25, 0.3) is 5.56 Å². The van der Waals surface area contributed by atoms with Crippen LogP contribution in [0.15, 0.2) is 29.1 Å². The Morgan fingerprint density at radius 3 is 2.26 bits per heavy atom. The van der Waals surface area contributed by atoms with Gasteiger partial charge in [-0.15, -0.1) is 0 Å². The van der Waals surface area contributed by atoms with Crippen molar-refractivity contribution in [3.63, 3.8) is 0 Å². The summed E-state index contributed by atoms with van der Waals surface area (Å²) in [4.78, 5) is 34.2. The first-order valence-corrected chi connectivity index (χ1v) is 14.1. The summed E-state index contributed by atoms with van der Waals surface area (Å²) in [5, 5.41) is 0.587. The number of carbonyl (C=O) groups is 1. The van der Waals surface area contributed by atoms with Crippen LogP contribution in [0.2, 0.25) is 0 Å². The molecule has 2 aliphatic carbocycles. The average Bonchev–Trinajstić information content (AvgIpc) is 3.02. The highest BCUT2D eigenvalue weighted by molar-refractivity contribution is 5.89. The highest BCUT2D eigenvalue weighted by atomic mass is 16.5. The van der Waals surface area contributed by atoms with E-state index in [4.69, 9.17) is 4.74 Å². The molecule has 2 saturated carbocycles. The van der Waals surface area contributed by atoms with E-state index in [1.807, 2.05) is 24.3 Å². The molecule has 0 radical (unpaired) electrons. The van der Waals surface area contributed by atoms with Gasteiger partial charge in [-0.1, -0.05) is 44.2 Å². The topological polar surface area (TPSA) is 64.4 Å². The van der Waals surface area contributed by atoms with E-state index in [0.717, 1.165) is 24.7 Å². The lowest BCUT2D eigenvalue weighted by Gasteiger charge is -2.54. The van der Waals surface area contributed by atoms with Gasteiger partial charge in [-0.2, -0.15) is 0 Å². The largest absolute Gasteiger partial charge is 0.460 e. The maximum atomic E-state index is 13.7. The maximum Gasteiger partial charge on any atom is 0.374 e. The van der Waals surface area contributed by atoms with E-state index in [2.05, 4.69) is 9.88 Å². The standard InChI is InChI=1S/C29H39N3O3/c1-2-35-29(34)27-30-26-13-6-5-12-25(26)28(33)32(27)24-17-21-10-7-11-22(18-24)31(21)23-15-19-8-3-4-9-20(14-19)16-23/h5-6,12-13,19-24H,2-4,7-11,14-18H2,1H3. The van der Waals surface area contributed by atoms with E-state index in [9.17, 15) is 9.59 Å². The summed E-state index contributed by atoms with van der Waals surface area (Å²) >= 11 is 0. The summed E-state index contributed by atoms with van der Waals surface area (Å²) in [6.07, 6.45) is 15.3. The smallest absolute Gasteiger partial charge is 0.374 e. The van der Waals surface area contributed by atoms with Gasteiger partial charge < -0.3 is 4.74 Å². The number of rotatable bonds is 4. The molecule has 1 aromatic carbocycles. The number of carbonyl (C=O) groups excluding carboxylic acids is 1. The van der Waals surface area contributed by atoms with Crippen LogP contribution in [0.4, 0.5) is 0 Å². The Balaban J connectivity index is 1.33. The quantitative estimate of drug-likeness (QED) is 0.545. The summed E-state index contributed by atoms with van der Waals surface area (Å²) in [6, 6.07) is 9.05. The number of piperidine rings is 2. The van der Waals surface area contributed by atoms with Crippen LogP contribution in [-0.4, -0.2) is 45.2 Å². The van der Waals surface area contributed by atoms with Crippen LogP contribution < -0.4 is 5.56 Å². The fourth-order valence-corrected chi connectivity index (χ4v) is 8.13. The molecule has 4 atom stereocenters. The molecule has 0 amide bonds. The molecule has 35 heavy (non-hydrogen) atoms. The molecule has 6 nitrogen and oxygen atoms in total. The molecule has 0 spiro atoms. The maximum absolute atomic E-state index is 13.7. The lowest BCUT2D eigenvalue weighted by Crippen LogP contribution is -2.58. The third kappa shape index (κ3) is 4.32. The molecule has 6 heteroatoms. The summed E-state index contributed by atoms with van der Waals surface area (Å²) < 4.78 is 7.07. The van der Waals surface area contributed by atoms with E-state index in [1.165, 1.54) is 64.2 Å². The van der Waals surface area contributed by atoms with Crippen molar-refractivity contribution in [1.29, 1.82) is 0 Å². The van der Waals surface area contributed by atoms with Crippen LogP contribution in [0.5, 0.6) is 0 Å². The number of fused-ring (bicyclic) bond motifs is 5. The average molecular weight is 478 g/mol. The van der Waals surface area contributed by atoms with Crippen molar-refractivity contribution in [2.45, 2.75) is 108 Å². The van der Waals surface area contributed by atoms with Gasteiger partial charge in [0, 0.05) is 24.2 Å². The van der Waals surface area contributed by atoms with Gasteiger partial charge in [-0.25, -0.2) is 9.78 Å². The minimum Gasteiger partial charge on any atom is -0.460 e. The molecular formula is C29H39N3O3. The Bertz CT molecular complexity index is 1120. The number of hydrogen-bond acceptors (Lipinski definition) is 5. The van der Waals surface area contributed by atoms with E-state index in [-0.39, 0.29) is 24.0 Å². The zero-order chi connectivity index (χ0) is 23.9. The van der Waals surface area contributed by atoms with Gasteiger partial charge in [0.05, 0.1) is 17.5 Å². The number of nitrogens with zero attached hydrogens (tertiary/aromatic N) is 3. The first-order valence-electron chi connectivity index (χ1n) is 14.1. The summed E-state index contributed by atoms with van der Waals surface area (Å²) in [5.74, 6) is 1.50. The predicted octanol–water partition coefficient (Wildman–Crippen LogP) is 5.49. The highest BCUT2D eigenvalue weighted by Gasteiger charge is 2.45. The number of aromatic nitrogens is 2. The van der Waals surface area contributed by atoms with Crippen molar-refractivity contribution in [2.75, 3.05) is 6.61 Å². The summed E-state index contributed by atoms with van der Waals surface area (Å²) in [5.41, 5.74) is 0.470. The molecule has 3 heterocycles. The number of ether oxygens (including phenoxy) is 1. The molecule has 1 aromatic heterocycles. The normalized spacial score (nSPS) is 33.3. The molecule has 4 aliphatic rings. The molecule has 2 aliphatic heterocycles. The fourth-order valence-electron chi connectivity index (χ4n) is 8.13. The molecule has 188 valence electrons. The minimum absolute atomic E-state index is 0.00331. The first kappa shape index (κ1) is 23.2. The molecule has 2 saturated heterocycles. The summed E-state index contributed by atoms with van der Waals surface area (Å²) in [7, 11) is 0. The van der Waals surface area contributed by atoms with Gasteiger partial charge in [0.1, 0.15) is 0 Å². The van der Waals surface area contributed by atoms with Crippen molar-refractivity contribution in [3.05, 3.63) is 40.4 Å². The van der Waals surface area contributed by atoms with E-state index in [0.29, 0.717) is 29.0 Å². The Kier molecular flexibility index (Phi) is 6.42. The highest BCUT2D eigenvalue weighted by Crippen LogP contribution is 2.46. The molecule has 0 N–H and O–H groups in total. The second-order valence-electron chi connectivity index (χ2n) is 11.5. The molecule has 4 fully saturated rings. The second-order valence-corrected chi connectivity index (χ2v) is 11.5. The molecule has 6 rings (SSSR count). The van der Waals surface area contributed by atoms with Gasteiger partial charge in [0.15, 0.2) is 0 Å². The summed E-state index contributed by atoms with van der Waals surface area (Å²) in [6.45, 7) is 2.07. The van der Waals surface area contributed by atoms with E-state index >= 15 is 0 Å². The van der Waals surface area contributed by atoms with Crippen LogP contribution in [-0.2, 0) is 4.74 Å². The second kappa shape index (κ2) is 9.68. The van der Waals surface area contributed by atoms with Gasteiger partial charge in [0.2, 0.25) is 5.82 Å². The monoisotopic (exact) mass is 477 g/mol. The number of esters is 1. The molecular weight excluding hydrogens is 438 g/mol. The lowest BCUT2D eigenvalue weighted by atomic mass is 9.73. The molecule has 4 unspecified atom stereocenters. The molecule has 4 bridgehead atoms. The van der Waals surface area contributed by atoms with Crippen molar-refractivity contribution < 1.29 is 9.53 Å². The van der Waals surface area contributed by atoms with Crippen molar-refractivity contribution in [1.82, 2.24) is 14.5 Å². The minimum atomic E-state index is -0.487.